The third-order valence-corrected chi connectivity index (χ3v) is 3.06. The van der Waals surface area contributed by atoms with E-state index < -0.39 is 10.0 Å². The second kappa shape index (κ2) is 4.56. The molecule has 2 rings (SSSR count). The number of hydrogen-bond acceptors (Lipinski definition) is 5. The maximum absolute atomic E-state index is 11.0. The summed E-state index contributed by atoms with van der Waals surface area (Å²) in [6, 6.07) is 6.16. The number of nitrogens with zero attached hydrogens (tertiary/aromatic N) is 1. The highest BCUT2D eigenvalue weighted by Crippen LogP contribution is 2.13. The van der Waals surface area contributed by atoms with E-state index in [4.69, 9.17) is 9.56 Å². The van der Waals surface area contributed by atoms with Crippen molar-refractivity contribution >= 4 is 15.7 Å². The Morgan fingerprint density at radius 3 is 2.53 bits per heavy atom. The van der Waals surface area contributed by atoms with Crippen LogP contribution in [0.1, 0.15) is 5.76 Å². The number of oxazole rings is 1. The molecule has 7 heteroatoms. The van der Waals surface area contributed by atoms with E-state index >= 15 is 0 Å². The van der Waals surface area contributed by atoms with Crippen LogP contribution in [0.25, 0.3) is 0 Å². The first-order valence-corrected chi connectivity index (χ1v) is 6.34. The molecular formula is C10H11N3O3S. The molecule has 17 heavy (non-hydrogen) atoms. The number of nitrogens with two attached hydrogens (primary N) is 1. The van der Waals surface area contributed by atoms with E-state index in [1.165, 1.54) is 18.5 Å². The second-order valence-corrected chi connectivity index (χ2v) is 4.95. The maximum atomic E-state index is 11.0. The van der Waals surface area contributed by atoms with Gasteiger partial charge in [0.05, 0.1) is 17.6 Å². The molecule has 0 unspecified atom stereocenters. The predicted octanol–water partition coefficient (Wildman–Crippen LogP) is 0.934. The summed E-state index contributed by atoms with van der Waals surface area (Å²) in [5.74, 6) is 0.695. The molecule has 2 aromatic rings. The zero-order chi connectivity index (χ0) is 12.3. The molecule has 0 amide bonds. The first-order valence-electron chi connectivity index (χ1n) is 4.80. The number of anilines is 1. The highest BCUT2D eigenvalue weighted by Gasteiger charge is 2.06. The second-order valence-electron chi connectivity index (χ2n) is 3.39. The number of nitrogens with one attached hydrogen (secondary N) is 1. The van der Waals surface area contributed by atoms with Crippen LogP contribution in [0.15, 0.2) is 46.2 Å². The molecule has 1 aromatic heterocycles. The normalized spacial score (nSPS) is 11.4. The van der Waals surface area contributed by atoms with Gasteiger partial charge in [0.2, 0.25) is 10.0 Å². The van der Waals surface area contributed by atoms with Crippen molar-refractivity contribution in [2.75, 3.05) is 5.32 Å². The van der Waals surface area contributed by atoms with E-state index in [1.807, 2.05) is 0 Å². The summed E-state index contributed by atoms with van der Waals surface area (Å²) in [6.07, 6.45) is 2.95. The van der Waals surface area contributed by atoms with Gasteiger partial charge in [0, 0.05) is 5.69 Å². The molecule has 0 fully saturated rings. The Balaban J connectivity index is 2.04. The number of rotatable bonds is 4. The van der Waals surface area contributed by atoms with Crippen LogP contribution in [0.3, 0.4) is 0 Å². The summed E-state index contributed by atoms with van der Waals surface area (Å²) in [5, 5.41) is 8.04. The van der Waals surface area contributed by atoms with Gasteiger partial charge < -0.3 is 9.73 Å². The van der Waals surface area contributed by atoms with Crippen LogP contribution in [0, 0.1) is 0 Å². The molecule has 0 saturated carbocycles. The standard InChI is InChI=1S/C10H11N3O3S/c11-17(14,15)10-3-1-8(2-4-10)13-6-9-5-12-7-16-9/h1-5,7,13H,6H2,(H2,11,14,15). The third kappa shape index (κ3) is 3.05. The van der Waals surface area contributed by atoms with Crippen LogP contribution in [0.5, 0.6) is 0 Å². The summed E-state index contributed by atoms with van der Waals surface area (Å²) < 4.78 is 27.1. The predicted molar refractivity (Wildman–Crippen MR) is 61.6 cm³/mol. The first-order chi connectivity index (χ1) is 8.05. The quantitative estimate of drug-likeness (QED) is 0.844. The number of aromatic nitrogens is 1. The van der Waals surface area contributed by atoms with E-state index in [2.05, 4.69) is 10.3 Å². The highest BCUT2D eigenvalue weighted by molar-refractivity contribution is 7.89. The zero-order valence-corrected chi connectivity index (χ0v) is 9.65. The molecule has 3 N–H and O–H groups in total. The monoisotopic (exact) mass is 253 g/mol. The third-order valence-electron chi connectivity index (χ3n) is 2.13. The minimum Gasteiger partial charge on any atom is -0.447 e. The first kappa shape index (κ1) is 11.6. The molecular weight excluding hydrogens is 242 g/mol. The van der Waals surface area contributed by atoms with E-state index in [0.29, 0.717) is 12.3 Å². The van der Waals surface area contributed by atoms with Gasteiger partial charge in [-0.1, -0.05) is 0 Å². The Labute approximate surface area is 98.5 Å². The minimum atomic E-state index is -3.63. The van der Waals surface area contributed by atoms with Crippen LogP contribution in [0.2, 0.25) is 0 Å². The summed E-state index contributed by atoms with van der Waals surface area (Å²) in [7, 11) is -3.63. The SMILES string of the molecule is NS(=O)(=O)c1ccc(NCc2cnco2)cc1. The highest BCUT2D eigenvalue weighted by atomic mass is 32.2. The Hall–Kier alpha value is -1.86. The molecule has 1 heterocycles. The molecule has 0 atom stereocenters. The van der Waals surface area contributed by atoms with Crippen molar-refractivity contribution in [3.8, 4) is 0 Å². The molecule has 0 radical (unpaired) electrons. The van der Waals surface area contributed by atoms with Gasteiger partial charge in [-0.3, -0.25) is 0 Å². The average Bonchev–Trinajstić information content (AvgIpc) is 2.78. The van der Waals surface area contributed by atoms with Gasteiger partial charge in [0.25, 0.3) is 0 Å². The van der Waals surface area contributed by atoms with Crippen LogP contribution in [0.4, 0.5) is 5.69 Å². The van der Waals surface area contributed by atoms with E-state index in [1.54, 1.807) is 18.3 Å². The molecule has 90 valence electrons. The molecule has 0 bridgehead atoms. The van der Waals surface area contributed by atoms with Crippen molar-refractivity contribution in [3.63, 3.8) is 0 Å². The topological polar surface area (TPSA) is 98.2 Å². The fraction of sp³-hybridized carbons (Fsp3) is 0.100. The Kier molecular flexibility index (Phi) is 3.12. The van der Waals surface area contributed by atoms with Crippen LogP contribution in [-0.2, 0) is 16.6 Å². The smallest absolute Gasteiger partial charge is 0.238 e. The summed E-state index contributed by atoms with van der Waals surface area (Å²) in [5.41, 5.74) is 0.772. The van der Waals surface area contributed by atoms with Gasteiger partial charge in [0.1, 0.15) is 5.76 Å². The molecule has 0 aliphatic heterocycles. The van der Waals surface area contributed by atoms with Crippen molar-refractivity contribution in [2.45, 2.75) is 11.4 Å². The number of benzene rings is 1. The molecule has 0 aliphatic carbocycles. The van der Waals surface area contributed by atoms with Gasteiger partial charge in [-0.05, 0) is 24.3 Å². The van der Waals surface area contributed by atoms with Crippen molar-refractivity contribution in [3.05, 3.63) is 42.6 Å². The van der Waals surface area contributed by atoms with Crippen LogP contribution in [-0.4, -0.2) is 13.4 Å². The molecule has 0 saturated heterocycles. The minimum absolute atomic E-state index is 0.0858. The summed E-state index contributed by atoms with van der Waals surface area (Å²) >= 11 is 0. The van der Waals surface area contributed by atoms with Crippen LogP contribution < -0.4 is 10.5 Å². The van der Waals surface area contributed by atoms with Crippen molar-refractivity contribution in [2.24, 2.45) is 5.14 Å². The van der Waals surface area contributed by atoms with Crippen molar-refractivity contribution < 1.29 is 12.8 Å². The molecule has 0 spiro atoms. The van der Waals surface area contributed by atoms with Gasteiger partial charge in [-0.15, -0.1) is 0 Å². The average molecular weight is 253 g/mol. The summed E-state index contributed by atoms with van der Waals surface area (Å²) in [6.45, 7) is 0.481. The van der Waals surface area contributed by atoms with Gasteiger partial charge in [0.15, 0.2) is 6.39 Å². The largest absolute Gasteiger partial charge is 0.447 e. The maximum Gasteiger partial charge on any atom is 0.238 e. The lowest BCUT2D eigenvalue weighted by Crippen LogP contribution is -2.11. The lowest BCUT2D eigenvalue weighted by Gasteiger charge is -2.04. The number of hydrogen-bond donors (Lipinski definition) is 2. The van der Waals surface area contributed by atoms with E-state index in [-0.39, 0.29) is 4.90 Å². The molecule has 0 aliphatic rings. The van der Waals surface area contributed by atoms with E-state index in [9.17, 15) is 8.42 Å². The van der Waals surface area contributed by atoms with E-state index in [0.717, 1.165) is 5.69 Å². The van der Waals surface area contributed by atoms with Gasteiger partial charge in [-0.2, -0.15) is 0 Å². The fourth-order valence-corrected chi connectivity index (χ4v) is 1.80. The Morgan fingerprint density at radius 2 is 2.00 bits per heavy atom. The zero-order valence-electron chi connectivity index (χ0n) is 8.83. The van der Waals surface area contributed by atoms with Crippen LogP contribution >= 0.6 is 0 Å². The number of primary sulfonamides is 1. The number of sulfonamides is 1. The fourth-order valence-electron chi connectivity index (χ4n) is 1.28. The Bertz CT molecular complexity index is 576. The van der Waals surface area contributed by atoms with Gasteiger partial charge >= 0.3 is 0 Å². The molecule has 6 nitrogen and oxygen atoms in total. The van der Waals surface area contributed by atoms with Crippen molar-refractivity contribution in [1.29, 1.82) is 0 Å². The lowest BCUT2D eigenvalue weighted by molar-refractivity contribution is 0.511. The summed E-state index contributed by atoms with van der Waals surface area (Å²) in [4.78, 5) is 3.86. The van der Waals surface area contributed by atoms with Gasteiger partial charge in [-0.25, -0.2) is 18.5 Å². The lowest BCUT2D eigenvalue weighted by atomic mass is 10.3. The molecule has 1 aromatic carbocycles. The van der Waals surface area contributed by atoms with Crippen molar-refractivity contribution in [1.82, 2.24) is 4.98 Å². The Morgan fingerprint density at radius 1 is 1.29 bits per heavy atom.